The van der Waals surface area contributed by atoms with Crippen LogP contribution in [0.4, 0.5) is 4.79 Å². The molecule has 1 aliphatic carbocycles. The Morgan fingerprint density at radius 1 is 1.03 bits per heavy atom. The number of carbonyl (C=O) groups excluding carboxylic acids is 3. The molecule has 0 saturated heterocycles. The fraction of sp³-hybridized carbons (Fsp3) is 0.591. The number of hydrogen-bond donors (Lipinski definition) is 2. The molecule has 33 heavy (non-hydrogen) atoms. The maximum Gasteiger partial charge on any atom is 0.408 e. The molecule has 0 aromatic heterocycles. The Morgan fingerprint density at radius 2 is 1.64 bits per heavy atom. The number of carbonyl (C=O) groups is 3. The van der Waals surface area contributed by atoms with Crippen LogP contribution >= 0.6 is 0 Å². The van der Waals surface area contributed by atoms with E-state index >= 15 is 0 Å². The Balaban J connectivity index is 2.23. The average molecular weight is 485 g/mol. The second-order valence-electron chi connectivity index (χ2n) is 8.56. The van der Waals surface area contributed by atoms with Crippen molar-refractivity contribution in [3.63, 3.8) is 0 Å². The molecule has 1 aromatic carbocycles. The summed E-state index contributed by atoms with van der Waals surface area (Å²) in [6.07, 6.45) is -0.848. The van der Waals surface area contributed by atoms with Crippen LogP contribution in [0, 0.1) is 17.8 Å². The van der Waals surface area contributed by atoms with Crippen molar-refractivity contribution in [2.45, 2.75) is 51.2 Å². The minimum absolute atomic E-state index is 0.0629. The zero-order valence-electron chi connectivity index (χ0n) is 19.5. The van der Waals surface area contributed by atoms with E-state index in [4.69, 9.17) is 14.2 Å². The van der Waals surface area contributed by atoms with Crippen molar-refractivity contribution in [2.24, 2.45) is 17.8 Å². The van der Waals surface area contributed by atoms with Crippen molar-refractivity contribution >= 4 is 28.1 Å². The normalized spacial score (nSPS) is 20.9. The first-order valence-electron chi connectivity index (χ1n) is 10.8. The van der Waals surface area contributed by atoms with Crippen LogP contribution in [0.25, 0.3) is 0 Å². The van der Waals surface area contributed by atoms with E-state index in [1.807, 2.05) is 0 Å². The van der Waals surface area contributed by atoms with E-state index in [0.717, 1.165) is 0 Å². The van der Waals surface area contributed by atoms with Gasteiger partial charge in [0.2, 0.25) is 10.0 Å². The molecule has 2 N–H and O–H groups in total. The fourth-order valence-electron chi connectivity index (χ4n) is 3.56. The predicted octanol–water partition coefficient (Wildman–Crippen LogP) is 1.85. The average Bonchev–Trinajstić information content (AvgIpc) is 3.44. The summed E-state index contributed by atoms with van der Waals surface area (Å²) in [5, 5.41) is 2.49. The molecular formula is C22H32N2O8S. The summed E-state index contributed by atoms with van der Waals surface area (Å²) < 4.78 is 43.1. The molecule has 0 unspecified atom stereocenters. The first kappa shape index (κ1) is 26.6. The summed E-state index contributed by atoms with van der Waals surface area (Å²) in [6, 6.07) is 6.57. The molecule has 0 bridgehead atoms. The van der Waals surface area contributed by atoms with Crippen molar-refractivity contribution in [1.29, 1.82) is 0 Å². The van der Waals surface area contributed by atoms with E-state index < -0.39 is 57.5 Å². The predicted molar refractivity (Wildman–Crippen MR) is 119 cm³/mol. The van der Waals surface area contributed by atoms with E-state index in [9.17, 15) is 22.8 Å². The highest BCUT2D eigenvalue weighted by Gasteiger charge is 2.61. The highest BCUT2D eigenvalue weighted by atomic mass is 32.2. The monoisotopic (exact) mass is 484 g/mol. The lowest BCUT2D eigenvalue weighted by Gasteiger charge is -2.23. The summed E-state index contributed by atoms with van der Waals surface area (Å²) in [6.45, 7) is 8.33. The van der Waals surface area contributed by atoms with Crippen molar-refractivity contribution in [3.05, 3.63) is 30.3 Å². The van der Waals surface area contributed by atoms with E-state index in [1.165, 1.54) is 12.1 Å². The maximum atomic E-state index is 12.6. The summed E-state index contributed by atoms with van der Waals surface area (Å²) in [5.74, 6) is -3.43. The van der Waals surface area contributed by atoms with Gasteiger partial charge in [-0.15, -0.1) is 0 Å². The minimum Gasteiger partial charge on any atom is -0.466 e. The number of amides is 1. The molecule has 10 nitrogen and oxygen atoms in total. The van der Waals surface area contributed by atoms with Gasteiger partial charge in [-0.25, -0.2) is 22.7 Å². The van der Waals surface area contributed by atoms with Gasteiger partial charge in [0.05, 0.1) is 24.0 Å². The van der Waals surface area contributed by atoms with Gasteiger partial charge >= 0.3 is 18.0 Å². The van der Waals surface area contributed by atoms with Gasteiger partial charge in [0.25, 0.3) is 0 Å². The molecule has 184 valence electrons. The van der Waals surface area contributed by atoms with Gasteiger partial charge in [-0.2, -0.15) is 0 Å². The van der Waals surface area contributed by atoms with Gasteiger partial charge in [0, 0.05) is 12.5 Å². The molecule has 0 radical (unpaired) electrons. The molecule has 1 fully saturated rings. The number of esters is 2. The summed E-state index contributed by atoms with van der Waals surface area (Å²) in [7, 11) is -3.83. The molecule has 11 heteroatoms. The highest BCUT2D eigenvalue weighted by molar-refractivity contribution is 7.89. The number of benzene rings is 1. The largest absolute Gasteiger partial charge is 0.466 e. The Hall–Kier alpha value is -2.66. The van der Waals surface area contributed by atoms with Crippen molar-refractivity contribution in [1.82, 2.24) is 10.0 Å². The SMILES string of the molecule is CCOC(=O)[C@@H]1[C@@H](CNS(=O)(=O)c2ccccc2)[C@H]1[C@@H](NC(=O)OC(C)(C)C)C(=O)OCC. The van der Waals surface area contributed by atoms with E-state index in [0.29, 0.717) is 0 Å². The number of ether oxygens (including phenoxy) is 3. The van der Waals surface area contributed by atoms with Crippen molar-refractivity contribution in [2.75, 3.05) is 19.8 Å². The Kier molecular flexibility index (Phi) is 8.84. The lowest BCUT2D eigenvalue weighted by molar-refractivity contribution is -0.147. The van der Waals surface area contributed by atoms with Crippen LogP contribution in [0.2, 0.25) is 0 Å². The van der Waals surface area contributed by atoms with E-state index in [1.54, 1.807) is 52.8 Å². The Bertz CT molecular complexity index is 943. The van der Waals surface area contributed by atoms with Crippen LogP contribution in [0.5, 0.6) is 0 Å². The Morgan fingerprint density at radius 3 is 2.18 bits per heavy atom. The van der Waals surface area contributed by atoms with Crippen LogP contribution in [0.1, 0.15) is 34.6 Å². The van der Waals surface area contributed by atoms with Gasteiger partial charge in [-0.05, 0) is 52.7 Å². The Labute approximate surface area is 194 Å². The molecule has 0 aliphatic heterocycles. The molecule has 2 rings (SSSR count). The zero-order valence-corrected chi connectivity index (χ0v) is 20.3. The van der Waals surface area contributed by atoms with Gasteiger partial charge in [0.15, 0.2) is 0 Å². The van der Waals surface area contributed by atoms with Gasteiger partial charge in [-0.1, -0.05) is 18.2 Å². The molecular weight excluding hydrogens is 452 g/mol. The second kappa shape index (κ2) is 11.0. The van der Waals surface area contributed by atoms with E-state index in [2.05, 4.69) is 10.0 Å². The number of sulfonamides is 1. The number of rotatable bonds is 10. The third-order valence-corrected chi connectivity index (χ3v) is 6.39. The first-order chi connectivity index (χ1) is 15.4. The second-order valence-corrected chi connectivity index (χ2v) is 10.3. The lowest BCUT2D eigenvalue weighted by atomic mass is 10.1. The standard InChI is InChI=1S/C22H32N2O8S/c1-6-30-19(25)17-15(13-23-33(28,29)14-11-9-8-10-12-14)16(17)18(20(26)31-7-2)24-21(27)32-22(3,4)5/h8-12,15-18,23H,6-7,13H2,1-5H3,(H,24,27)/t15-,16+,17+,18+/m0/s1. The third kappa shape index (κ3) is 7.43. The summed E-state index contributed by atoms with van der Waals surface area (Å²) >= 11 is 0. The van der Waals surface area contributed by atoms with Crippen molar-refractivity contribution in [3.8, 4) is 0 Å². The molecule has 4 atom stereocenters. The van der Waals surface area contributed by atoms with E-state index in [-0.39, 0.29) is 24.7 Å². The van der Waals surface area contributed by atoms with Gasteiger partial charge in [0.1, 0.15) is 11.6 Å². The fourth-order valence-corrected chi connectivity index (χ4v) is 4.65. The summed E-state index contributed by atoms with van der Waals surface area (Å²) in [5.41, 5.74) is -0.807. The molecule has 1 aliphatic rings. The van der Waals surface area contributed by atoms with Crippen LogP contribution in [-0.4, -0.2) is 57.9 Å². The highest BCUT2D eigenvalue weighted by Crippen LogP contribution is 2.49. The van der Waals surface area contributed by atoms with Gasteiger partial charge < -0.3 is 19.5 Å². The maximum absolute atomic E-state index is 12.6. The van der Waals surface area contributed by atoms with Crippen LogP contribution in [0.15, 0.2) is 35.2 Å². The topological polar surface area (TPSA) is 137 Å². The smallest absolute Gasteiger partial charge is 0.408 e. The van der Waals surface area contributed by atoms with Crippen LogP contribution < -0.4 is 10.0 Å². The number of nitrogens with one attached hydrogen (secondary N) is 2. The number of hydrogen-bond acceptors (Lipinski definition) is 8. The molecule has 1 saturated carbocycles. The van der Waals surface area contributed by atoms with Crippen LogP contribution in [-0.2, 0) is 33.8 Å². The quantitative estimate of drug-likeness (QED) is 0.379. The van der Waals surface area contributed by atoms with Crippen molar-refractivity contribution < 1.29 is 37.0 Å². The molecule has 1 amide bonds. The summed E-state index contributed by atoms with van der Waals surface area (Å²) in [4.78, 5) is 37.6. The molecule has 0 heterocycles. The lowest BCUT2D eigenvalue weighted by Crippen LogP contribution is -2.46. The minimum atomic E-state index is -3.83. The first-order valence-corrected chi connectivity index (χ1v) is 12.3. The molecule has 0 spiro atoms. The third-order valence-electron chi connectivity index (χ3n) is 4.95. The number of alkyl carbamates (subject to hydrolysis) is 1. The van der Waals surface area contributed by atoms with Crippen LogP contribution in [0.3, 0.4) is 0 Å². The van der Waals surface area contributed by atoms with Gasteiger partial charge in [-0.3, -0.25) is 4.79 Å². The zero-order chi connectivity index (χ0) is 24.8. The molecule has 1 aromatic rings.